The number of aromatic nitrogens is 1. The summed E-state index contributed by atoms with van der Waals surface area (Å²) in [6.45, 7) is 0. The van der Waals surface area contributed by atoms with E-state index in [0.29, 0.717) is 0 Å². The van der Waals surface area contributed by atoms with Crippen LogP contribution in [0.25, 0.3) is 49.7 Å². The van der Waals surface area contributed by atoms with Crippen molar-refractivity contribution in [3.05, 3.63) is 216 Å². The molecule has 11 rings (SSSR count). The van der Waals surface area contributed by atoms with Crippen LogP contribution in [0.5, 0.6) is 0 Å². The van der Waals surface area contributed by atoms with Crippen LogP contribution in [-0.2, 0) is 5.41 Å². The van der Waals surface area contributed by atoms with Gasteiger partial charge in [0.05, 0.1) is 22.1 Å². The lowest BCUT2D eigenvalue weighted by Crippen LogP contribution is -2.33. The van der Waals surface area contributed by atoms with Crippen LogP contribution in [-0.4, -0.2) is 4.57 Å². The Morgan fingerprint density at radius 3 is 1.73 bits per heavy atom. The van der Waals surface area contributed by atoms with Crippen molar-refractivity contribution in [2.24, 2.45) is 0 Å². The molecule has 51 heavy (non-hydrogen) atoms. The first-order valence-corrected chi connectivity index (χ1v) is 17.7. The van der Waals surface area contributed by atoms with Gasteiger partial charge < -0.3 is 9.47 Å². The summed E-state index contributed by atoms with van der Waals surface area (Å²) < 4.78 is 2.51. The molecule has 2 heterocycles. The van der Waals surface area contributed by atoms with Gasteiger partial charge in [-0.1, -0.05) is 140 Å². The second-order valence-corrected chi connectivity index (χ2v) is 13.7. The molecule has 9 aromatic rings. The van der Waals surface area contributed by atoms with Crippen LogP contribution in [0.4, 0.5) is 17.1 Å². The lowest BCUT2D eigenvalue weighted by atomic mass is 9.65. The highest BCUT2D eigenvalue weighted by atomic mass is 15.1. The Morgan fingerprint density at radius 1 is 0.373 bits per heavy atom. The first kappa shape index (κ1) is 28.2. The van der Waals surface area contributed by atoms with Gasteiger partial charge in [-0.3, -0.25) is 0 Å². The van der Waals surface area contributed by atoms with Gasteiger partial charge in [0.15, 0.2) is 0 Å². The van der Waals surface area contributed by atoms with Gasteiger partial charge in [0.2, 0.25) is 0 Å². The van der Waals surface area contributed by atoms with E-state index in [9.17, 15) is 0 Å². The third-order valence-electron chi connectivity index (χ3n) is 11.2. The maximum Gasteiger partial charge on any atom is 0.0754 e. The maximum absolute atomic E-state index is 2.51. The summed E-state index contributed by atoms with van der Waals surface area (Å²) in [4.78, 5) is 2.32. The van der Waals surface area contributed by atoms with Gasteiger partial charge in [-0.2, -0.15) is 0 Å². The zero-order valence-corrected chi connectivity index (χ0v) is 27.9. The average Bonchev–Trinajstić information content (AvgIpc) is 3.70. The number of hydrogen-bond donors (Lipinski definition) is 0. The van der Waals surface area contributed by atoms with Crippen LogP contribution in [0, 0.1) is 0 Å². The molecule has 0 saturated heterocycles. The van der Waals surface area contributed by atoms with E-state index in [0.717, 1.165) is 17.1 Å². The van der Waals surface area contributed by atoms with Gasteiger partial charge >= 0.3 is 0 Å². The number of hydrogen-bond acceptors (Lipinski definition) is 1. The summed E-state index contributed by atoms with van der Waals surface area (Å²) in [6, 6.07) is 71.4. The Bertz CT molecular complexity index is 2750. The van der Waals surface area contributed by atoms with Crippen molar-refractivity contribution >= 4 is 38.9 Å². The zero-order chi connectivity index (χ0) is 33.5. The van der Waals surface area contributed by atoms with Crippen LogP contribution in [0.3, 0.4) is 0 Å². The van der Waals surface area contributed by atoms with E-state index < -0.39 is 5.41 Å². The van der Waals surface area contributed by atoms with Gasteiger partial charge in [-0.25, -0.2) is 0 Å². The molecule has 8 aromatic carbocycles. The minimum absolute atomic E-state index is 0.459. The molecule has 238 valence electrons. The average molecular weight is 649 g/mol. The molecule has 1 aliphatic heterocycles. The van der Waals surface area contributed by atoms with Crippen molar-refractivity contribution in [3.8, 4) is 27.9 Å². The van der Waals surface area contributed by atoms with E-state index in [2.05, 4.69) is 204 Å². The lowest BCUT2D eigenvalue weighted by molar-refractivity contribution is 0.749. The number of para-hydroxylation sites is 5. The van der Waals surface area contributed by atoms with Crippen LogP contribution in [0.1, 0.15) is 22.3 Å². The van der Waals surface area contributed by atoms with Crippen molar-refractivity contribution in [2.45, 2.75) is 5.41 Å². The van der Waals surface area contributed by atoms with Crippen molar-refractivity contribution in [1.82, 2.24) is 4.57 Å². The van der Waals surface area contributed by atoms with Crippen molar-refractivity contribution < 1.29 is 0 Å². The number of rotatable bonds is 4. The lowest BCUT2D eigenvalue weighted by Gasteiger charge is -2.39. The fourth-order valence-electron chi connectivity index (χ4n) is 9.15. The molecule has 0 bridgehead atoms. The van der Waals surface area contributed by atoms with Crippen LogP contribution in [0.2, 0.25) is 0 Å². The number of benzene rings is 8. The second kappa shape index (κ2) is 10.7. The Morgan fingerprint density at radius 2 is 0.941 bits per heavy atom. The Balaban J connectivity index is 1.14. The molecule has 2 nitrogen and oxygen atoms in total. The van der Waals surface area contributed by atoms with Gasteiger partial charge in [-0.05, 0) is 99.1 Å². The molecule has 1 spiro atoms. The maximum atomic E-state index is 2.51. The van der Waals surface area contributed by atoms with E-state index in [1.165, 1.54) is 72.0 Å². The molecule has 0 N–H and O–H groups in total. The third-order valence-corrected chi connectivity index (χ3v) is 11.2. The number of anilines is 3. The Kier molecular flexibility index (Phi) is 5.91. The van der Waals surface area contributed by atoms with Crippen molar-refractivity contribution in [2.75, 3.05) is 4.90 Å². The second-order valence-electron chi connectivity index (χ2n) is 13.7. The third kappa shape index (κ3) is 3.82. The molecule has 0 fully saturated rings. The van der Waals surface area contributed by atoms with Crippen LogP contribution >= 0.6 is 0 Å². The highest BCUT2D eigenvalue weighted by Crippen LogP contribution is 2.61. The topological polar surface area (TPSA) is 8.17 Å². The largest absolute Gasteiger partial charge is 0.311 e. The zero-order valence-electron chi connectivity index (χ0n) is 27.9. The highest BCUT2D eigenvalue weighted by molar-refractivity contribution is 6.12. The molecule has 2 heteroatoms. The van der Waals surface area contributed by atoms with E-state index in [1.54, 1.807) is 0 Å². The first-order chi connectivity index (χ1) is 25.3. The number of fused-ring (bicyclic) bond motifs is 12. The Hall–Kier alpha value is -6.64. The summed E-state index contributed by atoms with van der Waals surface area (Å²) in [6.07, 6.45) is 0. The van der Waals surface area contributed by atoms with Gasteiger partial charge in [0.1, 0.15) is 0 Å². The molecule has 1 unspecified atom stereocenters. The number of nitrogens with zero attached hydrogens (tertiary/aromatic N) is 2. The van der Waals surface area contributed by atoms with E-state index in [4.69, 9.17) is 0 Å². The molecule has 2 aliphatic rings. The van der Waals surface area contributed by atoms with Gasteiger partial charge in [-0.15, -0.1) is 0 Å². The smallest absolute Gasteiger partial charge is 0.0754 e. The minimum Gasteiger partial charge on any atom is -0.311 e. The van der Waals surface area contributed by atoms with Crippen LogP contribution < -0.4 is 4.90 Å². The SMILES string of the molecule is c1ccc(N(c2ccccc2)c2ccc(-c3ccc4c(c3)C3(c5ccccc5-4)c4ccccc4-n4c5ccccc5c5cccc3c54)cc2)cc1. The summed E-state index contributed by atoms with van der Waals surface area (Å²) in [5.41, 5.74) is 17.1. The summed E-state index contributed by atoms with van der Waals surface area (Å²) in [5.74, 6) is 0. The fourth-order valence-corrected chi connectivity index (χ4v) is 9.15. The van der Waals surface area contributed by atoms with E-state index >= 15 is 0 Å². The van der Waals surface area contributed by atoms with Crippen molar-refractivity contribution in [1.29, 1.82) is 0 Å². The molecule has 1 aliphatic carbocycles. The molecular formula is C49H32N2. The Labute approximate surface area is 297 Å². The molecular weight excluding hydrogens is 617 g/mol. The first-order valence-electron chi connectivity index (χ1n) is 17.7. The quantitative estimate of drug-likeness (QED) is 0.184. The van der Waals surface area contributed by atoms with Gasteiger partial charge in [0.25, 0.3) is 0 Å². The summed E-state index contributed by atoms with van der Waals surface area (Å²) in [7, 11) is 0. The standard InChI is InChI=1S/C49H32N2/c1-3-14-35(15-4-1)50(36-16-5-2-6-17-36)37-29-26-33(27-30-37)34-28-31-39-38-18-7-9-21-42(38)49(45(39)32-34)43-22-10-12-25-47(43)51-46-24-11-8-19-40(46)41-20-13-23-44(49)48(41)51/h1-32H. The minimum atomic E-state index is -0.459. The predicted octanol–water partition coefficient (Wildman–Crippen LogP) is 12.6. The molecule has 0 amide bonds. The van der Waals surface area contributed by atoms with E-state index in [1.807, 2.05) is 0 Å². The molecule has 0 radical (unpaired) electrons. The van der Waals surface area contributed by atoms with Crippen LogP contribution in [0.15, 0.2) is 194 Å². The van der Waals surface area contributed by atoms with E-state index in [-0.39, 0.29) is 0 Å². The fraction of sp³-hybridized carbons (Fsp3) is 0.0204. The van der Waals surface area contributed by atoms with Crippen molar-refractivity contribution in [3.63, 3.8) is 0 Å². The molecule has 1 atom stereocenters. The summed E-state index contributed by atoms with van der Waals surface area (Å²) in [5, 5.41) is 2.60. The molecule has 1 aromatic heterocycles. The highest BCUT2D eigenvalue weighted by Gasteiger charge is 2.50. The monoisotopic (exact) mass is 648 g/mol. The predicted molar refractivity (Wildman–Crippen MR) is 212 cm³/mol. The summed E-state index contributed by atoms with van der Waals surface area (Å²) >= 11 is 0. The molecule has 0 saturated carbocycles. The van der Waals surface area contributed by atoms with Gasteiger partial charge in [0, 0.05) is 27.8 Å². The normalized spacial score (nSPS) is 15.1.